The maximum absolute atomic E-state index is 11.6. The molecule has 1 heterocycles. The van der Waals surface area contributed by atoms with Crippen molar-refractivity contribution in [2.24, 2.45) is 5.92 Å². The molecule has 1 rings (SSSR count). The van der Waals surface area contributed by atoms with Crippen molar-refractivity contribution in [1.82, 2.24) is 15.8 Å². The number of hydrazine groups is 1. The highest BCUT2D eigenvalue weighted by Gasteiger charge is 2.24. The first-order chi connectivity index (χ1) is 8.00. The second kappa shape index (κ2) is 6.44. The predicted molar refractivity (Wildman–Crippen MR) is 63.4 cm³/mol. The molecular weight excluding hydrogens is 222 g/mol. The van der Waals surface area contributed by atoms with E-state index in [1.54, 1.807) is 13.8 Å². The highest BCUT2D eigenvalue weighted by molar-refractivity contribution is 5.82. The third-order valence-corrected chi connectivity index (χ3v) is 2.84. The number of carboxylic acids is 1. The SMILES string of the molecule is CC(C)C(NC(=O)NN1CCCCC1)C(=O)O. The summed E-state index contributed by atoms with van der Waals surface area (Å²) in [7, 11) is 0. The Morgan fingerprint density at radius 1 is 1.18 bits per heavy atom. The van der Waals surface area contributed by atoms with Gasteiger partial charge in [-0.25, -0.2) is 14.6 Å². The Morgan fingerprint density at radius 3 is 2.24 bits per heavy atom. The summed E-state index contributed by atoms with van der Waals surface area (Å²) in [5, 5.41) is 13.2. The molecule has 0 radical (unpaired) electrons. The van der Waals surface area contributed by atoms with E-state index in [2.05, 4.69) is 10.7 Å². The van der Waals surface area contributed by atoms with Crippen LogP contribution in [0.3, 0.4) is 0 Å². The Bertz CT molecular complexity index is 275. The van der Waals surface area contributed by atoms with Gasteiger partial charge in [0.1, 0.15) is 6.04 Å². The number of nitrogens with zero attached hydrogens (tertiary/aromatic N) is 1. The first-order valence-corrected chi connectivity index (χ1v) is 6.05. The van der Waals surface area contributed by atoms with E-state index in [0.29, 0.717) is 0 Å². The lowest BCUT2D eigenvalue weighted by Crippen LogP contribution is -2.54. The van der Waals surface area contributed by atoms with Crippen molar-refractivity contribution in [3.63, 3.8) is 0 Å². The van der Waals surface area contributed by atoms with E-state index in [0.717, 1.165) is 25.9 Å². The van der Waals surface area contributed by atoms with Crippen molar-refractivity contribution in [3.8, 4) is 0 Å². The lowest BCUT2D eigenvalue weighted by atomic mass is 10.1. The van der Waals surface area contributed by atoms with Gasteiger partial charge >= 0.3 is 12.0 Å². The number of aliphatic carboxylic acids is 1. The van der Waals surface area contributed by atoms with Crippen molar-refractivity contribution in [1.29, 1.82) is 0 Å². The van der Waals surface area contributed by atoms with Gasteiger partial charge in [0.05, 0.1) is 0 Å². The number of carbonyl (C=O) groups is 2. The number of hydrogen-bond acceptors (Lipinski definition) is 3. The smallest absolute Gasteiger partial charge is 0.330 e. The quantitative estimate of drug-likeness (QED) is 0.682. The minimum Gasteiger partial charge on any atom is -0.480 e. The van der Waals surface area contributed by atoms with Crippen LogP contribution in [0.5, 0.6) is 0 Å². The van der Waals surface area contributed by atoms with E-state index in [1.807, 2.05) is 5.01 Å². The van der Waals surface area contributed by atoms with Gasteiger partial charge in [-0.05, 0) is 18.8 Å². The van der Waals surface area contributed by atoms with Crippen LogP contribution >= 0.6 is 0 Å². The summed E-state index contributed by atoms with van der Waals surface area (Å²) in [5.41, 5.74) is 2.68. The Morgan fingerprint density at radius 2 is 1.76 bits per heavy atom. The van der Waals surface area contributed by atoms with E-state index >= 15 is 0 Å². The topological polar surface area (TPSA) is 81.7 Å². The number of nitrogens with one attached hydrogen (secondary N) is 2. The number of carbonyl (C=O) groups excluding carboxylic acids is 1. The third-order valence-electron chi connectivity index (χ3n) is 2.84. The maximum Gasteiger partial charge on any atom is 0.330 e. The average Bonchev–Trinajstić information content (AvgIpc) is 2.26. The molecule has 3 N–H and O–H groups in total. The maximum atomic E-state index is 11.6. The molecule has 1 aliphatic rings. The van der Waals surface area contributed by atoms with E-state index in [9.17, 15) is 9.59 Å². The molecule has 0 aromatic rings. The summed E-state index contributed by atoms with van der Waals surface area (Å²) < 4.78 is 0. The average molecular weight is 243 g/mol. The molecule has 0 aromatic carbocycles. The molecule has 6 heteroatoms. The van der Waals surface area contributed by atoms with E-state index in [-0.39, 0.29) is 5.92 Å². The zero-order valence-corrected chi connectivity index (χ0v) is 10.4. The van der Waals surface area contributed by atoms with Gasteiger partial charge in [0.15, 0.2) is 0 Å². The lowest BCUT2D eigenvalue weighted by Gasteiger charge is -2.28. The predicted octanol–water partition coefficient (Wildman–Crippen LogP) is 0.796. The molecule has 0 aromatic heterocycles. The summed E-state index contributed by atoms with van der Waals surface area (Å²) in [6.07, 6.45) is 3.31. The largest absolute Gasteiger partial charge is 0.480 e. The molecule has 17 heavy (non-hydrogen) atoms. The molecule has 1 unspecified atom stereocenters. The van der Waals surface area contributed by atoms with Crippen molar-refractivity contribution >= 4 is 12.0 Å². The molecule has 98 valence electrons. The highest BCUT2D eigenvalue weighted by Crippen LogP contribution is 2.06. The summed E-state index contributed by atoms with van der Waals surface area (Å²) in [5.74, 6) is -1.14. The number of rotatable bonds is 4. The fraction of sp³-hybridized carbons (Fsp3) is 0.818. The first-order valence-electron chi connectivity index (χ1n) is 6.05. The van der Waals surface area contributed by atoms with Crippen LogP contribution in [0.4, 0.5) is 4.79 Å². The van der Waals surface area contributed by atoms with Gasteiger partial charge in [-0.15, -0.1) is 0 Å². The monoisotopic (exact) mass is 243 g/mol. The van der Waals surface area contributed by atoms with Gasteiger partial charge in [0.2, 0.25) is 0 Å². The lowest BCUT2D eigenvalue weighted by molar-refractivity contribution is -0.140. The van der Waals surface area contributed by atoms with Crippen molar-refractivity contribution in [3.05, 3.63) is 0 Å². The number of urea groups is 1. The standard InChI is InChI=1S/C11H21N3O3/c1-8(2)9(10(15)16)12-11(17)13-14-6-4-3-5-7-14/h8-9H,3-7H2,1-2H3,(H,15,16)(H2,12,13,17). The number of amides is 2. The number of piperidine rings is 1. The van der Waals surface area contributed by atoms with Crippen molar-refractivity contribution < 1.29 is 14.7 Å². The second-order valence-electron chi connectivity index (χ2n) is 4.69. The van der Waals surface area contributed by atoms with Crippen molar-refractivity contribution in [2.75, 3.05) is 13.1 Å². The summed E-state index contributed by atoms with van der Waals surface area (Å²) in [6, 6.07) is -1.28. The second-order valence-corrected chi connectivity index (χ2v) is 4.69. The Kier molecular flexibility index (Phi) is 5.21. The summed E-state index contributed by atoms with van der Waals surface area (Å²) in [6.45, 7) is 5.18. The van der Waals surface area contributed by atoms with Crippen molar-refractivity contribution in [2.45, 2.75) is 39.2 Å². The fourth-order valence-electron chi connectivity index (χ4n) is 1.84. The third kappa shape index (κ3) is 4.60. The number of carboxylic acid groups (broad SMARTS) is 1. The van der Waals surface area contributed by atoms with Crippen LogP contribution in [-0.4, -0.2) is 41.2 Å². The highest BCUT2D eigenvalue weighted by atomic mass is 16.4. The van der Waals surface area contributed by atoms with Gasteiger partial charge in [0, 0.05) is 13.1 Å². The van der Waals surface area contributed by atoms with Crippen LogP contribution in [0.15, 0.2) is 0 Å². The minimum atomic E-state index is -1.01. The molecule has 0 aliphatic carbocycles. The van der Waals surface area contributed by atoms with E-state index < -0.39 is 18.0 Å². The van der Waals surface area contributed by atoms with Crippen LogP contribution in [0.1, 0.15) is 33.1 Å². The van der Waals surface area contributed by atoms with Crippen LogP contribution in [0.2, 0.25) is 0 Å². The molecule has 2 amide bonds. The molecule has 6 nitrogen and oxygen atoms in total. The van der Waals surface area contributed by atoms with Gasteiger partial charge < -0.3 is 10.4 Å². The molecule has 0 bridgehead atoms. The van der Waals surface area contributed by atoms with E-state index in [1.165, 1.54) is 6.42 Å². The van der Waals surface area contributed by atoms with E-state index in [4.69, 9.17) is 5.11 Å². The molecule has 1 aliphatic heterocycles. The van der Waals surface area contributed by atoms with Gasteiger partial charge in [-0.3, -0.25) is 5.43 Å². The van der Waals surface area contributed by atoms with Crippen LogP contribution < -0.4 is 10.7 Å². The first kappa shape index (κ1) is 13.8. The Hall–Kier alpha value is -1.30. The van der Waals surface area contributed by atoms with Crippen LogP contribution in [0, 0.1) is 5.92 Å². The fourth-order valence-corrected chi connectivity index (χ4v) is 1.84. The number of hydrogen-bond donors (Lipinski definition) is 3. The molecular formula is C11H21N3O3. The molecule has 1 atom stereocenters. The van der Waals surface area contributed by atoms with Gasteiger partial charge in [-0.1, -0.05) is 20.3 Å². The Labute approximate surface area is 101 Å². The van der Waals surface area contributed by atoms with Crippen LogP contribution in [0.25, 0.3) is 0 Å². The Balaban J connectivity index is 2.38. The zero-order valence-electron chi connectivity index (χ0n) is 10.4. The summed E-state index contributed by atoms with van der Waals surface area (Å²) >= 11 is 0. The molecule has 1 saturated heterocycles. The molecule has 0 spiro atoms. The molecule has 1 fully saturated rings. The minimum absolute atomic E-state index is 0.139. The zero-order chi connectivity index (χ0) is 12.8. The van der Waals surface area contributed by atoms with Crippen LogP contribution in [-0.2, 0) is 4.79 Å². The van der Waals surface area contributed by atoms with Gasteiger partial charge in [-0.2, -0.15) is 0 Å². The summed E-state index contributed by atoms with van der Waals surface area (Å²) in [4.78, 5) is 22.5. The normalized spacial score (nSPS) is 18.8. The molecule has 0 saturated carbocycles. The van der Waals surface area contributed by atoms with Gasteiger partial charge in [0.25, 0.3) is 0 Å².